The highest BCUT2D eigenvalue weighted by Crippen LogP contribution is 2.11. The molecule has 0 fully saturated rings. The number of nitriles is 1. The summed E-state index contributed by atoms with van der Waals surface area (Å²) >= 11 is 0. The summed E-state index contributed by atoms with van der Waals surface area (Å²) in [7, 11) is -3.27. The van der Waals surface area contributed by atoms with Gasteiger partial charge in [0, 0.05) is 17.8 Å². The molecule has 1 heterocycles. The molecule has 2 N–H and O–H groups in total. The molecule has 0 radical (unpaired) electrons. The van der Waals surface area contributed by atoms with Crippen LogP contribution in [0.2, 0.25) is 0 Å². The first kappa shape index (κ1) is 15.4. The Hall–Kier alpha value is -1.65. The van der Waals surface area contributed by atoms with Gasteiger partial charge in [0.05, 0.1) is 17.9 Å². The van der Waals surface area contributed by atoms with E-state index in [-0.39, 0.29) is 0 Å². The minimum Gasteiger partial charge on any atom is -0.368 e. The minimum absolute atomic E-state index is 0.362. The fourth-order valence-corrected chi connectivity index (χ4v) is 2.75. The Balaban J connectivity index is 2.77. The van der Waals surface area contributed by atoms with Gasteiger partial charge in [-0.25, -0.2) is 18.1 Å². The van der Waals surface area contributed by atoms with Crippen LogP contribution in [0.25, 0.3) is 0 Å². The molecule has 0 amide bonds. The first-order chi connectivity index (χ1) is 8.61. The molecule has 104 valence electrons. The Labute approximate surface area is 113 Å². The first-order valence-corrected chi connectivity index (χ1v) is 7.62. The average Bonchev–Trinajstić information content (AvgIpc) is 2.22. The van der Waals surface area contributed by atoms with Crippen molar-refractivity contribution in [1.29, 1.82) is 5.26 Å². The van der Waals surface area contributed by atoms with E-state index in [1.54, 1.807) is 32.9 Å². The lowest BCUT2D eigenvalue weighted by atomic mass is 10.1. The lowest BCUT2D eigenvalue weighted by molar-refractivity contribution is 0.476. The van der Waals surface area contributed by atoms with Crippen LogP contribution in [0.15, 0.2) is 12.1 Å². The number of rotatable bonds is 5. The lowest BCUT2D eigenvalue weighted by Crippen LogP contribution is -2.47. The molecule has 0 spiro atoms. The Morgan fingerprint density at radius 1 is 1.42 bits per heavy atom. The van der Waals surface area contributed by atoms with Gasteiger partial charge in [-0.3, -0.25) is 0 Å². The number of sulfonamides is 1. The molecule has 0 unspecified atom stereocenters. The predicted molar refractivity (Wildman–Crippen MR) is 74.2 cm³/mol. The van der Waals surface area contributed by atoms with Crippen molar-refractivity contribution in [2.24, 2.45) is 0 Å². The fraction of sp³-hybridized carbons (Fsp3) is 0.500. The minimum atomic E-state index is -3.27. The highest BCUT2D eigenvalue weighted by Gasteiger charge is 2.21. The molecular weight excluding hydrogens is 264 g/mol. The number of aromatic nitrogens is 1. The standard InChI is InChI=1S/C12H18N4O2S/c1-9-5-10(7-13)6-11(15-9)14-8-12(2,3)16-19(4,17)18/h5-6,16H,8H2,1-4H3,(H,14,15). The van der Waals surface area contributed by atoms with Gasteiger partial charge >= 0.3 is 0 Å². The van der Waals surface area contributed by atoms with Crippen LogP contribution in [0.3, 0.4) is 0 Å². The number of hydrogen-bond acceptors (Lipinski definition) is 5. The third kappa shape index (κ3) is 5.68. The SMILES string of the molecule is Cc1cc(C#N)cc(NCC(C)(C)NS(C)(=O)=O)n1. The zero-order valence-electron chi connectivity index (χ0n) is 11.5. The van der Waals surface area contributed by atoms with Gasteiger partial charge in [-0.1, -0.05) is 0 Å². The van der Waals surface area contributed by atoms with Crippen LogP contribution in [0.5, 0.6) is 0 Å². The van der Waals surface area contributed by atoms with Gasteiger partial charge in [0.15, 0.2) is 0 Å². The van der Waals surface area contributed by atoms with E-state index >= 15 is 0 Å². The van der Waals surface area contributed by atoms with Gasteiger partial charge in [0.1, 0.15) is 5.82 Å². The van der Waals surface area contributed by atoms with Crippen molar-refractivity contribution in [1.82, 2.24) is 9.71 Å². The van der Waals surface area contributed by atoms with E-state index in [0.717, 1.165) is 11.9 Å². The molecule has 7 heteroatoms. The van der Waals surface area contributed by atoms with E-state index in [4.69, 9.17) is 5.26 Å². The van der Waals surface area contributed by atoms with Crippen LogP contribution in [-0.4, -0.2) is 31.7 Å². The van der Waals surface area contributed by atoms with Crippen molar-refractivity contribution >= 4 is 15.8 Å². The number of pyridine rings is 1. The molecule has 0 saturated heterocycles. The molecule has 1 aromatic rings. The van der Waals surface area contributed by atoms with Crippen molar-refractivity contribution in [2.45, 2.75) is 26.3 Å². The van der Waals surface area contributed by atoms with Gasteiger partial charge in [0.2, 0.25) is 10.0 Å². The number of hydrogen-bond donors (Lipinski definition) is 2. The van der Waals surface area contributed by atoms with E-state index in [2.05, 4.69) is 21.1 Å². The Bertz CT molecular complexity index is 603. The van der Waals surface area contributed by atoms with Crippen LogP contribution in [-0.2, 0) is 10.0 Å². The second-order valence-corrected chi connectivity index (χ2v) is 6.85. The third-order valence-electron chi connectivity index (χ3n) is 2.26. The van der Waals surface area contributed by atoms with Crippen molar-refractivity contribution in [2.75, 3.05) is 18.1 Å². The third-order valence-corrected chi connectivity index (χ3v) is 3.18. The number of nitrogens with one attached hydrogen (secondary N) is 2. The maximum absolute atomic E-state index is 11.2. The summed E-state index contributed by atoms with van der Waals surface area (Å²) in [5.74, 6) is 0.555. The second-order valence-electron chi connectivity index (χ2n) is 5.11. The Morgan fingerprint density at radius 3 is 2.58 bits per heavy atom. The smallest absolute Gasteiger partial charge is 0.209 e. The molecule has 0 aliphatic rings. The van der Waals surface area contributed by atoms with Crippen LogP contribution < -0.4 is 10.0 Å². The fourth-order valence-electron chi connectivity index (χ4n) is 1.67. The van der Waals surface area contributed by atoms with E-state index in [9.17, 15) is 8.42 Å². The molecular formula is C12H18N4O2S. The molecule has 0 aromatic carbocycles. The van der Waals surface area contributed by atoms with E-state index in [0.29, 0.717) is 17.9 Å². The summed E-state index contributed by atoms with van der Waals surface area (Å²) in [4.78, 5) is 4.24. The molecule has 0 aliphatic heterocycles. The molecule has 0 atom stereocenters. The highest BCUT2D eigenvalue weighted by molar-refractivity contribution is 7.88. The molecule has 0 saturated carbocycles. The van der Waals surface area contributed by atoms with Gasteiger partial charge in [-0.2, -0.15) is 5.26 Å². The first-order valence-electron chi connectivity index (χ1n) is 5.73. The number of aryl methyl sites for hydroxylation is 1. The quantitative estimate of drug-likeness (QED) is 0.840. The molecule has 19 heavy (non-hydrogen) atoms. The largest absolute Gasteiger partial charge is 0.368 e. The van der Waals surface area contributed by atoms with Gasteiger partial charge in [-0.15, -0.1) is 0 Å². The van der Waals surface area contributed by atoms with Crippen LogP contribution in [0.1, 0.15) is 25.1 Å². The van der Waals surface area contributed by atoms with Crippen LogP contribution >= 0.6 is 0 Å². The maximum Gasteiger partial charge on any atom is 0.209 e. The topological polar surface area (TPSA) is 94.9 Å². The molecule has 6 nitrogen and oxygen atoms in total. The molecule has 1 rings (SSSR count). The summed E-state index contributed by atoms with van der Waals surface area (Å²) in [6, 6.07) is 5.37. The molecule has 0 aliphatic carbocycles. The van der Waals surface area contributed by atoms with Crippen molar-refractivity contribution in [3.63, 3.8) is 0 Å². The summed E-state index contributed by atoms with van der Waals surface area (Å²) in [6.07, 6.45) is 1.12. The Morgan fingerprint density at radius 2 is 2.05 bits per heavy atom. The van der Waals surface area contributed by atoms with Crippen LogP contribution in [0, 0.1) is 18.3 Å². The van der Waals surface area contributed by atoms with E-state index in [1.807, 2.05) is 0 Å². The Kier molecular flexibility index (Phi) is 4.50. The molecule has 0 bridgehead atoms. The van der Waals surface area contributed by atoms with E-state index < -0.39 is 15.6 Å². The zero-order valence-corrected chi connectivity index (χ0v) is 12.3. The monoisotopic (exact) mass is 282 g/mol. The number of anilines is 1. The average molecular weight is 282 g/mol. The van der Waals surface area contributed by atoms with E-state index in [1.165, 1.54) is 0 Å². The van der Waals surface area contributed by atoms with Crippen molar-refractivity contribution in [3.05, 3.63) is 23.4 Å². The summed E-state index contributed by atoms with van der Waals surface area (Å²) in [5, 5.41) is 11.9. The summed E-state index contributed by atoms with van der Waals surface area (Å²) < 4.78 is 25.0. The normalized spacial score (nSPS) is 11.9. The summed E-state index contributed by atoms with van der Waals surface area (Å²) in [6.45, 7) is 5.69. The predicted octanol–water partition coefficient (Wildman–Crippen LogP) is 1.00. The highest BCUT2D eigenvalue weighted by atomic mass is 32.2. The maximum atomic E-state index is 11.2. The zero-order chi connectivity index (χ0) is 14.7. The van der Waals surface area contributed by atoms with Gasteiger partial charge < -0.3 is 5.32 Å². The molecule has 1 aromatic heterocycles. The summed E-state index contributed by atoms with van der Waals surface area (Å²) in [5.41, 5.74) is 0.602. The van der Waals surface area contributed by atoms with Gasteiger partial charge in [0.25, 0.3) is 0 Å². The van der Waals surface area contributed by atoms with Crippen molar-refractivity contribution in [3.8, 4) is 6.07 Å². The van der Waals surface area contributed by atoms with Gasteiger partial charge in [-0.05, 0) is 32.9 Å². The lowest BCUT2D eigenvalue weighted by Gasteiger charge is -2.25. The second kappa shape index (κ2) is 5.55. The van der Waals surface area contributed by atoms with Crippen LogP contribution in [0.4, 0.5) is 5.82 Å². The van der Waals surface area contributed by atoms with Crippen molar-refractivity contribution < 1.29 is 8.42 Å². The number of nitrogens with zero attached hydrogens (tertiary/aromatic N) is 2.